The van der Waals surface area contributed by atoms with Gasteiger partial charge >= 0.3 is 5.97 Å². The van der Waals surface area contributed by atoms with Gasteiger partial charge in [0, 0.05) is 18.4 Å². The highest BCUT2D eigenvalue weighted by Crippen LogP contribution is 2.00. The fraction of sp³-hybridized carbons (Fsp3) is 0.500. The second-order valence-corrected chi connectivity index (χ2v) is 2.58. The van der Waals surface area contributed by atoms with Crippen molar-refractivity contribution in [2.24, 2.45) is 0 Å². The highest BCUT2D eigenvalue weighted by Gasteiger charge is 2.01. The van der Waals surface area contributed by atoms with Gasteiger partial charge in [-0.3, -0.25) is 4.79 Å². The van der Waals surface area contributed by atoms with Crippen LogP contribution in [0.4, 0.5) is 0 Å². The van der Waals surface area contributed by atoms with Gasteiger partial charge in [0.2, 0.25) is 0 Å². The van der Waals surface area contributed by atoms with E-state index in [1.807, 2.05) is 11.5 Å². The molecule has 1 aromatic heterocycles. The van der Waals surface area contributed by atoms with Crippen molar-refractivity contribution >= 4 is 5.97 Å². The molecule has 0 atom stereocenters. The van der Waals surface area contributed by atoms with E-state index >= 15 is 0 Å². The SMILES string of the molecule is CCc1cncn1CCC(=O)O. The molecule has 4 heteroatoms. The fourth-order valence-electron chi connectivity index (χ4n) is 1.06. The van der Waals surface area contributed by atoms with Crippen molar-refractivity contribution in [1.29, 1.82) is 0 Å². The molecule has 12 heavy (non-hydrogen) atoms. The molecule has 0 aromatic carbocycles. The predicted octanol–water partition coefficient (Wildman–Crippen LogP) is 0.920. The zero-order chi connectivity index (χ0) is 8.97. The highest BCUT2D eigenvalue weighted by molar-refractivity contribution is 5.66. The number of aryl methyl sites for hydroxylation is 2. The largest absolute Gasteiger partial charge is 0.481 e. The van der Waals surface area contributed by atoms with Gasteiger partial charge in [0.05, 0.1) is 12.7 Å². The van der Waals surface area contributed by atoms with Crippen molar-refractivity contribution in [3.63, 3.8) is 0 Å². The number of hydrogen-bond acceptors (Lipinski definition) is 2. The van der Waals surface area contributed by atoms with Crippen LogP contribution in [0, 0.1) is 0 Å². The predicted molar refractivity (Wildman–Crippen MR) is 43.9 cm³/mol. The van der Waals surface area contributed by atoms with E-state index in [2.05, 4.69) is 4.98 Å². The summed E-state index contributed by atoms with van der Waals surface area (Å²) in [5.74, 6) is -0.772. The molecule has 0 aliphatic carbocycles. The monoisotopic (exact) mass is 168 g/mol. The molecule has 0 aliphatic rings. The molecule has 0 amide bonds. The van der Waals surface area contributed by atoms with Gasteiger partial charge < -0.3 is 9.67 Å². The number of carbonyl (C=O) groups is 1. The summed E-state index contributed by atoms with van der Waals surface area (Å²) in [6, 6.07) is 0. The number of aromatic nitrogens is 2. The first-order chi connectivity index (χ1) is 5.74. The maximum atomic E-state index is 10.3. The van der Waals surface area contributed by atoms with E-state index in [0.717, 1.165) is 12.1 Å². The van der Waals surface area contributed by atoms with Crippen LogP contribution in [0.3, 0.4) is 0 Å². The number of nitrogens with zero attached hydrogens (tertiary/aromatic N) is 2. The Morgan fingerprint density at radius 2 is 2.50 bits per heavy atom. The smallest absolute Gasteiger partial charge is 0.305 e. The molecule has 0 saturated carbocycles. The van der Waals surface area contributed by atoms with Gasteiger partial charge in [-0.25, -0.2) is 4.98 Å². The van der Waals surface area contributed by atoms with Gasteiger partial charge in [-0.1, -0.05) is 6.92 Å². The molecular weight excluding hydrogens is 156 g/mol. The van der Waals surface area contributed by atoms with Crippen molar-refractivity contribution in [3.8, 4) is 0 Å². The average Bonchev–Trinajstić information content (AvgIpc) is 2.47. The Bertz CT molecular complexity index is 268. The summed E-state index contributed by atoms with van der Waals surface area (Å²) < 4.78 is 1.87. The summed E-state index contributed by atoms with van der Waals surface area (Å²) in [6.45, 7) is 2.53. The van der Waals surface area contributed by atoms with E-state index in [-0.39, 0.29) is 6.42 Å². The summed E-state index contributed by atoms with van der Waals surface area (Å²) in [7, 11) is 0. The zero-order valence-corrected chi connectivity index (χ0v) is 7.03. The first-order valence-corrected chi connectivity index (χ1v) is 3.95. The van der Waals surface area contributed by atoms with Crippen LogP contribution < -0.4 is 0 Å². The molecule has 1 heterocycles. The van der Waals surface area contributed by atoms with Gasteiger partial charge in [0.25, 0.3) is 0 Å². The third-order valence-electron chi connectivity index (χ3n) is 1.73. The summed E-state index contributed by atoms with van der Waals surface area (Å²) in [5, 5.41) is 8.44. The molecule has 1 rings (SSSR count). The molecule has 0 spiro atoms. The number of carboxylic acid groups (broad SMARTS) is 1. The molecule has 66 valence electrons. The quantitative estimate of drug-likeness (QED) is 0.727. The lowest BCUT2D eigenvalue weighted by molar-refractivity contribution is -0.137. The van der Waals surface area contributed by atoms with Crippen molar-refractivity contribution in [1.82, 2.24) is 9.55 Å². The Morgan fingerprint density at radius 3 is 3.08 bits per heavy atom. The minimum absolute atomic E-state index is 0.156. The van der Waals surface area contributed by atoms with Crippen LogP contribution in [0.2, 0.25) is 0 Å². The summed E-state index contributed by atoms with van der Waals surface area (Å²) in [4.78, 5) is 14.2. The van der Waals surface area contributed by atoms with E-state index in [1.165, 1.54) is 0 Å². The van der Waals surface area contributed by atoms with E-state index in [4.69, 9.17) is 5.11 Å². The second kappa shape index (κ2) is 3.90. The summed E-state index contributed by atoms with van der Waals surface area (Å²) in [6.07, 6.45) is 4.48. The molecule has 1 aromatic rings. The van der Waals surface area contributed by atoms with Crippen LogP contribution in [-0.4, -0.2) is 20.6 Å². The van der Waals surface area contributed by atoms with Gasteiger partial charge in [0.15, 0.2) is 0 Å². The summed E-state index contributed by atoms with van der Waals surface area (Å²) in [5.41, 5.74) is 1.08. The third-order valence-corrected chi connectivity index (χ3v) is 1.73. The van der Waals surface area contributed by atoms with Gasteiger partial charge in [0.1, 0.15) is 0 Å². The summed E-state index contributed by atoms with van der Waals surface area (Å²) >= 11 is 0. The highest BCUT2D eigenvalue weighted by atomic mass is 16.4. The minimum Gasteiger partial charge on any atom is -0.481 e. The molecule has 0 unspecified atom stereocenters. The fourth-order valence-corrected chi connectivity index (χ4v) is 1.06. The van der Waals surface area contributed by atoms with Crippen LogP contribution in [0.25, 0.3) is 0 Å². The van der Waals surface area contributed by atoms with E-state index < -0.39 is 5.97 Å². The first-order valence-electron chi connectivity index (χ1n) is 3.95. The molecule has 0 saturated heterocycles. The Labute approximate surface area is 70.9 Å². The van der Waals surface area contributed by atoms with Crippen LogP contribution in [-0.2, 0) is 17.8 Å². The number of rotatable bonds is 4. The lowest BCUT2D eigenvalue weighted by Crippen LogP contribution is -2.05. The Kier molecular flexibility index (Phi) is 2.85. The third kappa shape index (κ3) is 2.08. The maximum absolute atomic E-state index is 10.3. The van der Waals surface area contributed by atoms with Crippen molar-refractivity contribution < 1.29 is 9.90 Å². The van der Waals surface area contributed by atoms with Gasteiger partial charge in [-0.05, 0) is 6.42 Å². The molecule has 0 radical (unpaired) electrons. The molecule has 4 nitrogen and oxygen atoms in total. The van der Waals surface area contributed by atoms with Crippen molar-refractivity contribution in [3.05, 3.63) is 18.2 Å². The number of imidazole rings is 1. The van der Waals surface area contributed by atoms with E-state index in [9.17, 15) is 4.79 Å². The molecule has 0 fully saturated rings. The van der Waals surface area contributed by atoms with Crippen molar-refractivity contribution in [2.45, 2.75) is 26.3 Å². The molecule has 0 aliphatic heterocycles. The number of hydrogen-bond donors (Lipinski definition) is 1. The standard InChI is InChI=1S/C8H12N2O2/c1-2-7-5-9-6-10(7)4-3-8(11)12/h5-6H,2-4H2,1H3,(H,11,12). The zero-order valence-electron chi connectivity index (χ0n) is 7.03. The molecular formula is C8H12N2O2. The van der Waals surface area contributed by atoms with Crippen LogP contribution in [0.5, 0.6) is 0 Å². The van der Waals surface area contributed by atoms with Crippen LogP contribution in [0.15, 0.2) is 12.5 Å². The number of carboxylic acids is 1. The Balaban J connectivity index is 2.56. The molecule has 1 N–H and O–H groups in total. The van der Waals surface area contributed by atoms with Crippen LogP contribution >= 0.6 is 0 Å². The van der Waals surface area contributed by atoms with Crippen LogP contribution in [0.1, 0.15) is 19.0 Å². The Morgan fingerprint density at radius 1 is 1.75 bits per heavy atom. The Hall–Kier alpha value is -1.32. The van der Waals surface area contributed by atoms with Gasteiger partial charge in [-0.2, -0.15) is 0 Å². The molecule has 0 bridgehead atoms. The van der Waals surface area contributed by atoms with Gasteiger partial charge in [-0.15, -0.1) is 0 Å². The topological polar surface area (TPSA) is 55.1 Å². The van der Waals surface area contributed by atoms with E-state index in [0.29, 0.717) is 6.54 Å². The first kappa shape index (κ1) is 8.77. The van der Waals surface area contributed by atoms with E-state index in [1.54, 1.807) is 12.5 Å². The lowest BCUT2D eigenvalue weighted by Gasteiger charge is -2.02. The van der Waals surface area contributed by atoms with Crippen molar-refractivity contribution in [2.75, 3.05) is 0 Å². The minimum atomic E-state index is -0.772. The average molecular weight is 168 g/mol. The number of aliphatic carboxylic acids is 1. The maximum Gasteiger partial charge on any atom is 0.305 e. The normalized spacial score (nSPS) is 10.1. The second-order valence-electron chi connectivity index (χ2n) is 2.58. The lowest BCUT2D eigenvalue weighted by atomic mass is 10.3.